The number of hydrogen-bond donors (Lipinski definition) is 2. The summed E-state index contributed by atoms with van der Waals surface area (Å²) in [5.74, 6) is 1.31. The number of piperidine rings is 1. The van der Waals surface area contributed by atoms with E-state index < -0.39 is 5.97 Å². The van der Waals surface area contributed by atoms with Crippen LogP contribution in [0.2, 0.25) is 0 Å². The third-order valence-corrected chi connectivity index (χ3v) is 9.39. The molecule has 3 saturated carbocycles. The van der Waals surface area contributed by atoms with Crippen molar-refractivity contribution < 1.29 is 14.7 Å². The van der Waals surface area contributed by atoms with Gasteiger partial charge in [0.2, 0.25) is 5.91 Å². The van der Waals surface area contributed by atoms with E-state index in [4.69, 9.17) is 0 Å². The van der Waals surface area contributed by atoms with E-state index in [-0.39, 0.29) is 26.6 Å². The van der Waals surface area contributed by atoms with Crippen LogP contribution in [0.5, 0.6) is 0 Å². The van der Waals surface area contributed by atoms with Gasteiger partial charge in [0.25, 0.3) is 0 Å². The molecule has 0 spiro atoms. The summed E-state index contributed by atoms with van der Waals surface area (Å²) in [6.45, 7) is 4.64. The molecule has 5 heteroatoms. The lowest BCUT2D eigenvalue weighted by Gasteiger charge is -2.60. The number of alkyl halides is 1. The van der Waals surface area contributed by atoms with Crippen molar-refractivity contribution in [3.63, 3.8) is 0 Å². The second kappa shape index (κ2) is 5.58. The van der Waals surface area contributed by atoms with Crippen molar-refractivity contribution in [1.29, 1.82) is 0 Å². The van der Waals surface area contributed by atoms with Crippen molar-refractivity contribution in [2.75, 3.05) is 0 Å². The smallest absolute Gasteiger partial charge is 0.307 e. The van der Waals surface area contributed by atoms with E-state index >= 15 is 0 Å². The maximum Gasteiger partial charge on any atom is 0.307 e. The van der Waals surface area contributed by atoms with Crippen molar-refractivity contribution in [3.8, 4) is 0 Å². The highest BCUT2D eigenvalue weighted by Crippen LogP contribution is 2.65. The Morgan fingerprint density at radius 3 is 2.54 bits per heavy atom. The fourth-order valence-electron chi connectivity index (χ4n) is 7.13. The molecule has 4 fully saturated rings. The molecule has 1 heterocycles. The van der Waals surface area contributed by atoms with E-state index in [9.17, 15) is 14.7 Å². The topological polar surface area (TPSA) is 66.4 Å². The molecule has 1 amide bonds. The molecule has 0 radical (unpaired) electrons. The van der Waals surface area contributed by atoms with Gasteiger partial charge in [0.1, 0.15) is 0 Å². The first-order valence-electron chi connectivity index (χ1n) is 9.44. The van der Waals surface area contributed by atoms with Gasteiger partial charge in [-0.1, -0.05) is 36.4 Å². The Bertz CT molecular complexity index is 581. The Morgan fingerprint density at radius 2 is 1.83 bits per heavy atom. The van der Waals surface area contributed by atoms with Crippen molar-refractivity contribution in [2.24, 2.45) is 34.5 Å². The Balaban J connectivity index is 1.64. The van der Waals surface area contributed by atoms with Crippen LogP contribution < -0.4 is 5.32 Å². The predicted octanol–water partition coefficient (Wildman–Crippen LogP) is 3.62. The molecule has 0 bridgehead atoms. The van der Waals surface area contributed by atoms with Crippen LogP contribution in [0.25, 0.3) is 0 Å². The predicted molar refractivity (Wildman–Crippen MR) is 99.9 cm³/mol. The van der Waals surface area contributed by atoms with Crippen LogP contribution in [0.15, 0.2) is 0 Å². The molecule has 134 valence electrons. The second-order valence-corrected chi connectivity index (χ2v) is 10.7. The van der Waals surface area contributed by atoms with Gasteiger partial charge in [0, 0.05) is 6.04 Å². The van der Waals surface area contributed by atoms with Gasteiger partial charge in [-0.2, -0.15) is 0 Å². The molecule has 1 saturated heterocycles. The molecule has 0 aromatic heterocycles. The highest BCUT2D eigenvalue weighted by Gasteiger charge is 2.62. The summed E-state index contributed by atoms with van der Waals surface area (Å²) in [5.41, 5.74) is 0.170. The minimum Gasteiger partial charge on any atom is -0.481 e. The number of hydrogen-bond acceptors (Lipinski definition) is 2. The van der Waals surface area contributed by atoms with Gasteiger partial charge < -0.3 is 10.4 Å². The molecule has 3 aliphatic carbocycles. The quantitative estimate of drug-likeness (QED) is 0.479. The van der Waals surface area contributed by atoms with Gasteiger partial charge in [0.05, 0.1) is 9.84 Å². The molecule has 24 heavy (non-hydrogen) atoms. The number of amides is 1. The van der Waals surface area contributed by atoms with Crippen molar-refractivity contribution in [1.82, 2.24) is 5.32 Å². The van der Waals surface area contributed by atoms with E-state index in [1.54, 1.807) is 0 Å². The zero-order chi connectivity index (χ0) is 17.3. The molecule has 4 nitrogen and oxygen atoms in total. The number of rotatable bonds is 1. The molecule has 1 unspecified atom stereocenters. The Hall–Kier alpha value is -0.330. The van der Waals surface area contributed by atoms with E-state index in [2.05, 4.69) is 41.8 Å². The van der Waals surface area contributed by atoms with Crippen LogP contribution in [0.4, 0.5) is 0 Å². The number of carboxylic acid groups (broad SMARTS) is 1. The Labute approximate surface area is 157 Å². The summed E-state index contributed by atoms with van der Waals surface area (Å²) in [6.07, 6.45) is 7.31. The van der Waals surface area contributed by atoms with Crippen LogP contribution in [-0.4, -0.2) is 26.9 Å². The average Bonchev–Trinajstić information content (AvgIpc) is 2.86. The summed E-state index contributed by atoms with van der Waals surface area (Å²) in [5, 5.41) is 13.0. The normalized spacial score (nSPS) is 53.5. The number of nitrogens with one attached hydrogen (secondary N) is 1. The molecule has 0 aromatic rings. The lowest BCUT2D eigenvalue weighted by atomic mass is 9.47. The van der Waals surface area contributed by atoms with Crippen LogP contribution in [0, 0.1) is 34.5 Å². The third-order valence-electron chi connectivity index (χ3n) is 8.39. The van der Waals surface area contributed by atoms with E-state index in [1.807, 2.05) is 0 Å². The summed E-state index contributed by atoms with van der Waals surface area (Å²) in [7, 11) is 0. The van der Waals surface area contributed by atoms with Gasteiger partial charge in [-0.25, -0.2) is 0 Å². The average molecular weight is 445 g/mol. The second-order valence-electron chi connectivity index (χ2n) is 9.21. The largest absolute Gasteiger partial charge is 0.481 e. The maximum absolute atomic E-state index is 12.1. The number of halogens is 1. The number of carbonyl (C=O) groups is 2. The first-order chi connectivity index (χ1) is 11.3. The highest BCUT2D eigenvalue weighted by atomic mass is 127. The van der Waals surface area contributed by atoms with Gasteiger partial charge in [-0.3, -0.25) is 9.59 Å². The lowest BCUT2D eigenvalue weighted by Crippen LogP contribution is -2.63. The molecular formula is C19H28INO3. The van der Waals surface area contributed by atoms with E-state index in [0.717, 1.165) is 44.9 Å². The molecule has 0 aromatic carbocycles. The SMILES string of the molecule is C[C@]12CC(I)C(=O)N[C@@H]1CC[C@@H]1[C@@H]2CC[C@]2(C)[C@@H](C(=O)O)CC[C@@H]12. The van der Waals surface area contributed by atoms with Gasteiger partial charge in [-0.15, -0.1) is 0 Å². The Kier molecular flexibility index (Phi) is 3.98. The number of fused-ring (bicyclic) bond motifs is 5. The summed E-state index contributed by atoms with van der Waals surface area (Å²) >= 11 is 2.30. The molecular weight excluding hydrogens is 417 g/mol. The monoisotopic (exact) mass is 445 g/mol. The lowest BCUT2D eigenvalue weighted by molar-refractivity contribution is -0.152. The zero-order valence-electron chi connectivity index (χ0n) is 14.6. The maximum atomic E-state index is 12.1. The van der Waals surface area contributed by atoms with Crippen LogP contribution in [-0.2, 0) is 9.59 Å². The van der Waals surface area contributed by atoms with Crippen LogP contribution in [0.1, 0.15) is 58.8 Å². The van der Waals surface area contributed by atoms with Gasteiger partial charge in [-0.05, 0) is 73.5 Å². The highest BCUT2D eigenvalue weighted by molar-refractivity contribution is 14.1. The van der Waals surface area contributed by atoms with Gasteiger partial charge in [0.15, 0.2) is 0 Å². The third kappa shape index (κ3) is 2.21. The number of carboxylic acids is 1. The van der Waals surface area contributed by atoms with Crippen molar-refractivity contribution in [3.05, 3.63) is 0 Å². The molecule has 8 atom stereocenters. The molecule has 4 rings (SSSR count). The fraction of sp³-hybridized carbons (Fsp3) is 0.895. The molecule has 2 N–H and O–H groups in total. The first kappa shape index (κ1) is 17.1. The van der Waals surface area contributed by atoms with Gasteiger partial charge >= 0.3 is 5.97 Å². The van der Waals surface area contributed by atoms with E-state index in [1.165, 1.54) is 0 Å². The Morgan fingerprint density at radius 1 is 1.12 bits per heavy atom. The zero-order valence-corrected chi connectivity index (χ0v) is 16.7. The van der Waals surface area contributed by atoms with Crippen molar-refractivity contribution in [2.45, 2.75) is 68.8 Å². The minimum absolute atomic E-state index is 0.0160. The van der Waals surface area contributed by atoms with E-state index in [0.29, 0.717) is 23.8 Å². The minimum atomic E-state index is -0.587. The van der Waals surface area contributed by atoms with Crippen molar-refractivity contribution >= 4 is 34.5 Å². The fourth-order valence-corrected chi connectivity index (χ4v) is 8.26. The summed E-state index contributed by atoms with van der Waals surface area (Å²) in [6, 6.07) is 0.318. The number of aliphatic carboxylic acids is 1. The van der Waals surface area contributed by atoms with Crippen LogP contribution in [0.3, 0.4) is 0 Å². The number of carbonyl (C=O) groups excluding carboxylic acids is 1. The summed E-state index contributed by atoms with van der Waals surface area (Å²) < 4.78 is 0.0752. The first-order valence-corrected chi connectivity index (χ1v) is 10.7. The molecule has 4 aliphatic rings. The molecule has 1 aliphatic heterocycles. The standard InChI is InChI=1S/C19H28INO3/c1-18-8-7-12-10(11(18)4-5-13(18)17(23)24)3-6-15-19(12,2)9-14(20)16(22)21-15/h10-15H,3-9H2,1-2H3,(H,21,22)(H,23,24)/t10-,11-,12-,13+,14?,15+,18-,19+/m0/s1. The van der Waals surface area contributed by atoms with Crippen LogP contribution >= 0.6 is 22.6 Å². The summed E-state index contributed by atoms with van der Waals surface area (Å²) in [4.78, 5) is 23.9.